The summed E-state index contributed by atoms with van der Waals surface area (Å²) in [7, 11) is 0. The van der Waals surface area contributed by atoms with Gasteiger partial charge in [0.05, 0.1) is 18.9 Å². The van der Waals surface area contributed by atoms with Gasteiger partial charge in [-0.15, -0.1) is 0 Å². The average molecular weight is 302 g/mol. The second kappa shape index (κ2) is 6.37. The predicted molar refractivity (Wildman–Crippen MR) is 83.0 cm³/mol. The molecular formula is C16H18N2O2S. The van der Waals surface area contributed by atoms with Crippen molar-refractivity contribution in [3.05, 3.63) is 42.2 Å². The van der Waals surface area contributed by atoms with Gasteiger partial charge in [-0.1, -0.05) is 11.8 Å². The number of fused-ring (bicyclic) bond motifs is 1. The molecule has 2 heterocycles. The van der Waals surface area contributed by atoms with E-state index in [0.717, 1.165) is 33.4 Å². The van der Waals surface area contributed by atoms with E-state index in [1.807, 2.05) is 43.5 Å². The summed E-state index contributed by atoms with van der Waals surface area (Å²) in [5, 5.41) is 0. The topological polar surface area (TPSA) is 57.4 Å². The summed E-state index contributed by atoms with van der Waals surface area (Å²) in [5.41, 5.74) is 6.71. The SMILES string of the molecule is C[C@H](N)c1ccc(Sc2ccc3c(c2)OCCCO3)cn1. The molecule has 1 aromatic carbocycles. The molecule has 0 bridgehead atoms. The smallest absolute Gasteiger partial charge is 0.162 e. The van der Waals surface area contributed by atoms with Crippen LogP contribution < -0.4 is 15.2 Å². The Morgan fingerprint density at radius 1 is 1.10 bits per heavy atom. The molecule has 3 rings (SSSR count). The van der Waals surface area contributed by atoms with Crippen LogP contribution in [0.2, 0.25) is 0 Å². The molecular weight excluding hydrogens is 284 g/mol. The minimum atomic E-state index is -0.0397. The summed E-state index contributed by atoms with van der Waals surface area (Å²) in [6, 6.07) is 9.99. The van der Waals surface area contributed by atoms with Gasteiger partial charge in [-0.05, 0) is 37.3 Å². The maximum atomic E-state index is 5.81. The highest BCUT2D eigenvalue weighted by atomic mass is 32.2. The van der Waals surface area contributed by atoms with Gasteiger partial charge in [0.2, 0.25) is 0 Å². The predicted octanol–water partition coefficient (Wildman–Crippen LogP) is 3.41. The van der Waals surface area contributed by atoms with Crippen LogP contribution in [-0.2, 0) is 0 Å². The summed E-state index contributed by atoms with van der Waals surface area (Å²) in [5.74, 6) is 1.64. The molecule has 1 aromatic heterocycles. The first-order chi connectivity index (χ1) is 10.2. The van der Waals surface area contributed by atoms with Gasteiger partial charge in [-0.3, -0.25) is 4.98 Å². The molecule has 0 spiro atoms. The Morgan fingerprint density at radius 2 is 1.86 bits per heavy atom. The van der Waals surface area contributed by atoms with E-state index in [2.05, 4.69) is 4.98 Å². The standard InChI is InChI=1S/C16H18N2O2S/c1-11(17)14-5-3-13(10-18-14)21-12-4-6-15-16(9-12)20-8-2-7-19-15/h3-6,9-11H,2,7-8,17H2,1H3/t11-/m0/s1. The monoisotopic (exact) mass is 302 g/mol. The molecule has 1 atom stereocenters. The van der Waals surface area contributed by atoms with Crippen molar-refractivity contribution in [3.8, 4) is 11.5 Å². The Balaban J connectivity index is 1.77. The molecule has 1 aliphatic heterocycles. The largest absolute Gasteiger partial charge is 0.490 e. The number of hydrogen-bond donors (Lipinski definition) is 1. The Hall–Kier alpha value is -1.72. The third kappa shape index (κ3) is 3.49. The van der Waals surface area contributed by atoms with Crippen molar-refractivity contribution in [2.45, 2.75) is 29.2 Å². The number of nitrogens with zero attached hydrogens (tertiary/aromatic N) is 1. The molecule has 1 aliphatic rings. The number of nitrogens with two attached hydrogens (primary N) is 1. The van der Waals surface area contributed by atoms with E-state index >= 15 is 0 Å². The van der Waals surface area contributed by atoms with Gasteiger partial charge in [-0.2, -0.15) is 0 Å². The van der Waals surface area contributed by atoms with Gasteiger partial charge in [-0.25, -0.2) is 0 Å². The molecule has 0 unspecified atom stereocenters. The molecule has 110 valence electrons. The normalized spacial score (nSPS) is 15.3. The van der Waals surface area contributed by atoms with Crippen LogP contribution in [0.3, 0.4) is 0 Å². The van der Waals surface area contributed by atoms with Gasteiger partial charge >= 0.3 is 0 Å². The number of pyridine rings is 1. The molecule has 0 saturated carbocycles. The zero-order valence-electron chi connectivity index (χ0n) is 11.9. The fourth-order valence-electron chi connectivity index (χ4n) is 2.06. The van der Waals surface area contributed by atoms with Crippen LogP contribution >= 0.6 is 11.8 Å². The lowest BCUT2D eigenvalue weighted by atomic mass is 10.2. The quantitative estimate of drug-likeness (QED) is 0.941. The van der Waals surface area contributed by atoms with Gasteiger partial charge in [0.1, 0.15) is 0 Å². The van der Waals surface area contributed by atoms with Gasteiger partial charge in [0, 0.05) is 28.5 Å². The molecule has 21 heavy (non-hydrogen) atoms. The molecule has 0 aliphatic carbocycles. The molecule has 0 radical (unpaired) electrons. The van der Waals surface area contributed by atoms with Crippen LogP contribution in [0.25, 0.3) is 0 Å². The van der Waals surface area contributed by atoms with Crippen LogP contribution in [0.4, 0.5) is 0 Å². The van der Waals surface area contributed by atoms with E-state index < -0.39 is 0 Å². The molecule has 0 saturated heterocycles. The summed E-state index contributed by atoms with van der Waals surface area (Å²) >= 11 is 1.65. The zero-order valence-corrected chi connectivity index (χ0v) is 12.7. The van der Waals surface area contributed by atoms with Crippen LogP contribution in [0.5, 0.6) is 11.5 Å². The highest BCUT2D eigenvalue weighted by Crippen LogP contribution is 2.36. The molecule has 2 N–H and O–H groups in total. The number of rotatable bonds is 3. The van der Waals surface area contributed by atoms with Crippen molar-refractivity contribution in [1.29, 1.82) is 0 Å². The second-order valence-corrected chi connectivity index (χ2v) is 6.12. The highest BCUT2D eigenvalue weighted by molar-refractivity contribution is 7.99. The van der Waals surface area contributed by atoms with Gasteiger partial charge in [0.15, 0.2) is 11.5 Å². The van der Waals surface area contributed by atoms with Crippen LogP contribution in [0.1, 0.15) is 25.1 Å². The van der Waals surface area contributed by atoms with Crippen molar-refractivity contribution < 1.29 is 9.47 Å². The number of benzene rings is 1. The van der Waals surface area contributed by atoms with Crippen LogP contribution in [-0.4, -0.2) is 18.2 Å². The molecule has 0 fully saturated rings. The minimum absolute atomic E-state index is 0.0397. The highest BCUT2D eigenvalue weighted by Gasteiger charge is 2.11. The summed E-state index contributed by atoms with van der Waals surface area (Å²) in [4.78, 5) is 6.56. The van der Waals surface area contributed by atoms with Gasteiger partial charge < -0.3 is 15.2 Å². The second-order valence-electron chi connectivity index (χ2n) is 4.97. The van der Waals surface area contributed by atoms with E-state index in [9.17, 15) is 0 Å². The molecule has 4 nitrogen and oxygen atoms in total. The van der Waals surface area contributed by atoms with Crippen molar-refractivity contribution in [2.24, 2.45) is 5.73 Å². The number of ether oxygens (including phenoxy) is 2. The summed E-state index contributed by atoms with van der Waals surface area (Å²) < 4.78 is 11.3. The maximum Gasteiger partial charge on any atom is 0.162 e. The van der Waals surface area contributed by atoms with Crippen molar-refractivity contribution in [1.82, 2.24) is 4.98 Å². The van der Waals surface area contributed by atoms with Crippen LogP contribution in [0.15, 0.2) is 46.3 Å². The first kappa shape index (κ1) is 14.2. The van der Waals surface area contributed by atoms with E-state index in [0.29, 0.717) is 13.2 Å². The maximum absolute atomic E-state index is 5.81. The lowest BCUT2D eigenvalue weighted by Crippen LogP contribution is -2.06. The fraction of sp³-hybridized carbons (Fsp3) is 0.312. The lowest BCUT2D eigenvalue weighted by Gasteiger charge is -2.09. The zero-order chi connectivity index (χ0) is 14.7. The molecule has 0 amide bonds. The van der Waals surface area contributed by atoms with Crippen molar-refractivity contribution in [2.75, 3.05) is 13.2 Å². The Kier molecular flexibility index (Phi) is 4.31. The van der Waals surface area contributed by atoms with E-state index in [1.54, 1.807) is 11.8 Å². The van der Waals surface area contributed by atoms with Gasteiger partial charge in [0.25, 0.3) is 0 Å². The third-order valence-electron chi connectivity index (χ3n) is 3.18. The number of aromatic nitrogens is 1. The first-order valence-electron chi connectivity index (χ1n) is 7.01. The molecule has 5 heteroatoms. The minimum Gasteiger partial charge on any atom is -0.490 e. The third-order valence-corrected chi connectivity index (χ3v) is 4.15. The van der Waals surface area contributed by atoms with Crippen molar-refractivity contribution >= 4 is 11.8 Å². The van der Waals surface area contributed by atoms with E-state index in [4.69, 9.17) is 15.2 Å². The van der Waals surface area contributed by atoms with Crippen molar-refractivity contribution in [3.63, 3.8) is 0 Å². The molecule has 2 aromatic rings. The van der Waals surface area contributed by atoms with E-state index in [1.165, 1.54) is 0 Å². The summed E-state index contributed by atoms with van der Waals surface area (Å²) in [6.07, 6.45) is 2.77. The fourth-order valence-corrected chi connectivity index (χ4v) is 2.88. The van der Waals surface area contributed by atoms with E-state index in [-0.39, 0.29) is 6.04 Å². The lowest BCUT2D eigenvalue weighted by molar-refractivity contribution is 0.297. The van der Waals surface area contributed by atoms with Crippen LogP contribution in [0, 0.1) is 0 Å². The average Bonchev–Trinajstić information content (AvgIpc) is 2.72. The number of hydrogen-bond acceptors (Lipinski definition) is 5. The Labute approximate surface area is 128 Å². The Morgan fingerprint density at radius 3 is 2.57 bits per heavy atom. The first-order valence-corrected chi connectivity index (χ1v) is 7.83. The summed E-state index contributed by atoms with van der Waals surface area (Å²) in [6.45, 7) is 3.34. The Bertz CT molecular complexity index is 614.